The molecule has 1 aliphatic carbocycles. The second-order valence-corrected chi connectivity index (χ2v) is 7.56. The van der Waals surface area contributed by atoms with Crippen LogP contribution >= 0.6 is 15.9 Å². The fourth-order valence-corrected chi connectivity index (χ4v) is 3.27. The Kier molecular flexibility index (Phi) is 4.40. The quantitative estimate of drug-likeness (QED) is 0.733. The van der Waals surface area contributed by atoms with Gasteiger partial charge in [-0.25, -0.2) is 0 Å². The summed E-state index contributed by atoms with van der Waals surface area (Å²) in [5.41, 5.74) is 2.29. The van der Waals surface area contributed by atoms with Crippen molar-refractivity contribution in [3.63, 3.8) is 0 Å². The highest BCUT2D eigenvalue weighted by Crippen LogP contribution is 2.30. The summed E-state index contributed by atoms with van der Waals surface area (Å²) in [5.74, 6) is -0.166. The van der Waals surface area contributed by atoms with Gasteiger partial charge in [-0.05, 0) is 38.0 Å². The Bertz CT molecular complexity index is 897. The maximum absolute atomic E-state index is 13.1. The first kappa shape index (κ1) is 17.0. The number of carbonyl (C=O) groups is 2. The summed E-state index contributed by atoms with van der Waals surface area (Å²) in [7, 11) is 0. The van der Waals surface area contributed by atoms with Gasteiger partial charge >= 0.3 is 0 Å². The fraction of sp³-hybridized carbons (Fsp3) is 0.316. The fourth-order valence-electron chi connectivity index (χ4n) is 3.01. The zero-order chi connectivity index (χ0) is 18.3. The molecule has 1 aromatic carbocycles. The van der Waals surface area contributed by atoms with Crippen LogP contribution in [-0.4, -0.2) is 29.4 Å². The van der Waals surface area contributed by atoms with Gasteiger partial charge in [-0.15, -0.1) is 0 Å². The topological polar surface area (TPSA) is 84.2 Å². The van der Waals surface area contributed by atoms with Crippen molar-refractivity contribution in [3.8, 4) is 11.3 Å². The smallest absolute Gasteiger partial charge is 0.267 e. The van der Waals surface area contributed by atoms with Crippen molar-refractivity contribution in [2.24, 2.45) is 5.92 Å². The second kappa shape index (κ2) is 6.72. The molecule has 1 fully saturated rings. The molecule has 2 N–H and O–H groups in total. The number of nitrogens with zero attached hydrogens (tertiary/aromatic N) is 1. The monoisotopic (exact) mass is 415 g/mol. The van der Waals surface area contributed by atoms with Crippen molar-refractivity contribution in [1.29, 1.82) is 0 Å². The molecule has 7 heteroatoms. The average Bonchev–Trinajstić information content (AvgIpc) is 3.16. The van der Waals surface area contributed by atoms with E-state index >= 15 is 0 Å². The molecule has 0 radical (unpaired) electrons. The number of ketones is 1. The summed E-state index contributed by atoms with van der Waals surface area (Å²) in [6, 6.07) is 7.84. The first-order valence-electron chi connectivity index (χ1n) is 8.56. The summed E-state index contributed by atoms with van der Waals surface area (Å²) >= 11 is 3.40. The third-order valence-corrected chi connectivity index (χ3v) is 5.13. The van der Waals surface area contributed by atoms with E-state index in [1.54, 1.807) is 13.0 Å². The first-order chi connectivity index (χ1) is 12.5. The number of amides is 1. The van der Waals surface area contributed by atoms with Gasteiger partial charge in [0, 0.05) is 22.6 Å². The molecule has 0 bridgehead atoms. The van der Waals surface area contributed by atoms with Crippen LogP contribution < -0.4 is 10.6 Å². The number of carbonyl (C=O) groups excluding carboxylic acids is 2. The minimum absolute atomic E-state index is 0.0941. The average molecular weight is 416 g/mol. The highest BCUT2D eigenvalue weighted by molar-refractivity contribution is 9.10. The molecule has 0 saturated heterocycles. The number of aryl methyl sites for hydroxylation is 1. The first-order valence-corrected chi connectivity index (χ1v) is 9.35. The Morgan fingerprint density at radius 3 is 2.69 bits per heavy atom. The van der Waals surface area contributed by atoms with Crippen molar-refractivity contribution < 1.29 is 14.1 Å². The van der Waals surface area contributed by atoms with Crippen LogP contribution in [0.1, 0.15) is 29.0 Å². The van der Waals surface area contributed by atoms with Gasteiger partial charge in [-0.2, -0.15) is 0 Å². The molecule has 1 aliphatic heterocycles. The number of hydrogen-bond donors (Lipinski definition) is 2. The third-order valence-electron chi connectivity index (χ3n) is 4.60. The molecule has 1 unspecified atom stereocenters. The van der Waals surface area contributed by atoms with Crippen LogP contribution in [0.3, 0.4) is 0 Å². The van der Waals surface area contributed by atoms with Gasteiger partial charge in [0.25, 0.3) is 5.91 Å². The zero-order valence-electron chi connectivity index (χ0n) is 14.2. The maximum Gasteiger partial charge on any atom is 0.267 e. The molecule has 6 nitrogen and oxygen atoms in total. The number of Topliss-reactive ketones (excluding diaryl/α,β-unsaturated/α-hetero) is 1. The van der Waals surface area contributed by atoms with Crippen LogP contribution in [0.4, 0.5) is 0 Å². The van der Waals surface area contributed by atoms with Crippen LogP contribution in [0.2, 0.25) is 0 Å². The molecule has 2 aliphatic rings. The molecule has 1 saturated carbocycles. The normalized spacial score (nSPS) is 19.0. The van der Waals surface area contributed by atoms with Crippen LogP contribution in [0, 0.1) is 12.8 Å². The van der Waals surface area contributed by atoms with E-state index in [0.717, 1.165) is 22.9 Å². The van der Waals surface area contributed by atoms with E-state index < -0.39 is 5.92 Å². The van der Waals surface area contributed by atoms with E-state index in [1.807, 2.05) is 24.3 Å². The van der Waals surface area contributed by atoms with Gasteiger partial charge < -0.3 is 15.2 Å². The molecular formula is C19H18BrN3O3. The van der Waals surface area contributed by atoms with E-state index in [4.69, 9.17) is 4.52 Å². The molecule has 4 rings (SSSR count). The minimum Gasteiger partial charge on any atom is -0.380 e. The highest BCUT2D eigenvalue weighted by Gasteiger charge is 2.32. The van der Waals surface area contributed by atoms with Crippen molar-refractivity contribution >= 4 is 27.6 Å². The summed E-state index contributed by atoms with van der Waals surface area (Å²) in [6.45, 7) is 2.13. The Labute approximate surface area is 159 Å². The standard InChI is InChI=1S/C19H18BrN3O3/c1-10-16(17(23-26-10)11-2-4-13(20)5-3-11)18(24)12-8-15(21-9-12)19(25)22-14-6-7-14/h2-5,8,12,14,21H,6-7,9H2,1H3,(H,22,25). The number of benzene rings is 1. The van der Waals surface area contributed by atoms with Crippen LogP contribution in [0.15, 0.2) is 45.0 Å². The number of rotatable bonds is 5. The number of halogens is 1. The summed E-state index contributed by atoms with van der Waals surface area (Å²) in [6.07, 6.45) is 3.76. The molecule has 2 aromatic rings. The molecule has 1 atom stereocenters. The van der Waals surface area contributed by atoms with Crippen LogP contribution in [-0.2, 0) is 4.79 Å². The predicted octanol–water partition coefficient (Wildman–Crippen LogP) is 2.98. The lowest BCUT2D eigenvalue weighted by molar-refractivity contribution is -0.117. The van der Waals surface area contributed by atoms with Gasteiger partial charge in [0.1, 0.15) is 11.5 Å². The predicted molar refractivity (Wildman–Crippen MR) is 99.4 cm³/mol. The molecule has 134 valence electrons. The SMILES string of the molecule is Cc1onc(-c2ccc(Br)cc2)c1C(=O)C1C=C(C(=O)NC2CC2)NC1. The summed E-state index contributed by atoms with van der Waals surface area (Å²) in [5, 5.41) is 10.0. The highest BCUT2D eigenvalue weighted by atomic mass is 79.9. The molecule has 0 spiro atoms. The van der Waals surface area contributed by atoms with E-state index in [1.165, 1.54) is 0 Å². The summed E-state index contributed by atoms with van der Waals surface area (Å²) in [4.78, 5) is 25.2. The van der Waals surface area contributed by atoms with Crippen molar-refractivity contribution in [2.45, 2.75) is 25.8 Å². The Morgan fingerprint density at radius 2 is 2.00 bits per heavy atom. The molecule has 1 aromatic heterocycles. The number of hydrogen-bond acceptors (Lipinski definition) is 5. The van der Waals surface area contributed by atoms with Gasteiger partial charge in [-0.1, -0.05) is 33.2 Å². The van der Waals surface area contributed by atoms with E-state index in [2.05, 4.69) is 31.7 Å². The zero-order valence-corrected chi connectivity index (χ0v) is 15.8. The Morgan fingerprint density at radius 1 is 1.27 bits per heavy atom. The Balaban J connectivity index is 1.59. The maximum atomic E-state index is 13.1. The van der Waals surface area contributed by atoms with Crippen LogP contribution in [0.5, 0.6) is 0 Å². The van der Waals surface area contributed by atoms with E-state index in [-0.39, 0.29) is 17.7 Å². The molecule has 26 heavy (non-hydrogen) atoms. The van der Waals surface area contributed by atoms with E-state index in [0.29, 0.717) is 29.3 Å². The van der Waals surface area contributed by atoms with Crippen LogP contribution in [0.25, 0.3) is 11.3 Å². The van der Waals surface area contributed by atoms with Crippen molar-refractivity contribution in [2.75, 3.05) is 6.54 Å². The largest absolute Gasteiger partial charge is 0.380 e. The Hall–Kier alpha value is -2.41. The van der Waals surface area contributed by atoms with E-state index in [9.17, 15) is 9.59 Å². The lowest BCUT2D eigenvalue weighted by Crippen LogP contribution is -2.31. The molecule has 2 heterocycles. The van der Waals surface area contributed by atoms with Crippen molar-refractivity contribution in [1.82, 2.24) is 15.8 Å². The summed E-state index contributed by atoms with van der Waals surface area (Å²) < 4.78 is 6.24. The van der Waals surface area contributed by atoms with Crippen molar-refractivity contribution in [3.05, 3.63) is 51.8 Å². The van der Waals surface area contributed by atoms with Gasteiger partial charge in [0.05, 0.1) is 17.2 Å². The van der Waals surface area contributed by atoms with Gasteiger partial charge in [-0.3, -0.25) is 9.59 Å². The third kappa shape index (κ3) is 3.31. The minimum atomic E-state index is -0.415. The van der Waals surface area contributed by atoms with Gasteiger partial charge in [0.15, 0.2) is 5.78 Å². The molecule has 1 amide bonds. The lowest BCUT2D eigenvalue weighted by atomic mass is 9.94. The molecular weight excluding hydrogens is 398 g/mol. The van der Waals surface area contributed by atoms with Gasteiger partial charge in [0.2, 0.25) is 0 Å². The number of aromatic nitrogens is 1. The lowest BCUT2D eigenvalue weighted by Gasteiger charge is -2.07. The second-order valence-electron chi connectivity index (χ2n) is 6.65. The number of nitrogens with one attached hydrogen (secondary N) is 2.